The predicted molar refractivity (Wildman–Crippen MR) is 240 cm³/mol. The highest BCUT2D eigenvalue weighted by atomic mass is 16.3. The molecule has 0 radical (unpaired) electrons. The normalized spacial score (nSPS) is 11.7. The van der Waals surface area contributed by atoms with Crippen LogP contribution in [0.2, 0.25) is 0 Å². The Kier molecular flexibility index (Phi) is 8.64. The molecule has 10 aromatic rings. The Morgan fingerprint density at radius 2 is 0.983 bits per heavy atom. The highest BCUT2D eigenvalue weighted by Gasteiger charge is 2.24. The molecule has 2 heterocycles. The van der Waals surface area contributed by atoms with Gasteiger partial charge in [-0.1, -0.05) is 130 Å². The zero-order chi connectivity index (χ0) is 39.2. The van der Waals surface area contributed by atoms with E-state index in [9.17, 15) is 0 Å². The molecule has 0 atom stereocenters. The molecule has 0 saturated carbocycles. The number of benzene rings is 8. The molecular weight excluding hydrogens is 711 g/mol. The van der Waals surface area contributed by atoms with Crippen LogP contribution in [-0.2, 0) is 5.41 Å². The molecule has 58 heavy (non-hydrogen) atoms. The lowest BCUT2D eigenvalue weighted by molar-refractivity contribution is 0.590. The summed E-state index contributed by atoms with van der Waals surface area (Å²) in [5, 5.41) is 2.06. The summed E-state index contributed by atoms with van der Waals surface area (Å²) in [5.41, 5.74) is 13.9. The molecule has 0 unspecified atom stereocenters. The van der Waals surface area contributed by atoms with Crippen molar-refractivity contribution in [2.24, 2.45) is 0 Å². The van der Waals surface area contributed by atoms with Gasteiger partial charge in [-0.15, -0.1) is 0 Å². The number of rotatable bonds is 8. The summed E-state index contributed by atoms with van der Waals surface area (Å²) in [6.07, 6.45) is 0. The molecule has 280 valence electrons. The van der Waals surface area contributed by atoms with E-state index in [1.807, 2.05) is 36.4 Å². The van der Waals surface area contributed by atoms with Crippen molar-refractivity contribution in [3.63, 3.8) is 0 Å². The lowest BCUT2D eigenvalue weighted by Gasteiger charge is -2.27. The fraction of sp³-hybridized carbons (Fsp3) is 0.0755. The van der Waals surface area contributed by atoms with Crippen LogP contribution >= 0.6 is 0 Å². The van der Waals surface area contributed by atoms with Crippen LogP contribution in [0.3, 0.4) is 0 Å². The Hall–Kier alpha value is -7.37. The molecule has 0 amide bonds. The fourth-order valence-electron chi connectivity index (χ4n) is 7.92. The number of anilines is 6. The molecule has 0 N–H and O–H groups in total. The molecule has 0 saturated heterocycles. The Morgan fingerprint density at radius 3 is 1.67 bits per heavy atom. The van der Waals surface area contributed by atoms with Crippen LogP contribution in [0.4, 0.5) is 34.1 Å². The average molecular weight is 752 g/mol. The van der Waals surface area contributed by atoms with Crippen LogP contribution in [0.5, 0.6) is 0 Å². The van der Waals surface area contributed by atoms with Gasteiger partial charge in [-0.25, -0.2) is 4.98 Å². The highest BCUT2D eigenvalue weighted by molar-refractivity contribution is 6.16. The minimum atomic E-state index is 0.108. The summed E-state index contributed by atoms with van der Waals surface area (Å²) in [7, 11) is 0. The van der Waals surface area contributed by atoms with Gasteiger partial charge < -0.3 is 18.6 Å². The number of fused-ring (bicyclic) bond motifs is 4. The summed E-state index contributed by atoms with van der Waals surface area (Å²) < 4.78 is 13.1. The molecule has 2 aromatic heterocycles. The van der Waals surface area contributed by atoms with E-state index in [4.69, 9.17) is 13.8 Å². The topological polar surface area (TPSA) is 45.7 Å². The van der Waals surface area contributed by atoms with Gasteiger partial charge in [0.1, 0.15) is 11.1 Å². The van der Waals surface area contributed by atoms with Crippen LogP contribution in [0.1, 0.15) is 26.3 Å². The smallest absolute Gasteiger partial charge is 0.227 e. The highest BCUT2D eigenvalue weighted by Crippen LogP contribution is 2.47. The zero-order valence-corrected chi connectivity index (χ0v) is 32.6. The van der Waals surface area contributed by atoms with E-state index in [2.05, 4.69) is 188 Å². The third-order valence-corrected chi connectivity index (χ3v) is 10.8. The van der Waals surface area contributed by atoms with Crippen molar-refractivity contribution in [2.75, 3.05) is 9.80 Å². The Labute approximate surface area is 338 Å². The van der Waals surface area contributed by atoms with Gasteiger partial charge in [-0.2, -0.15) is 0 Å². The van der Waals surface area contributed by atoms with Crippen LogP contribution in [0.15, 0.2) is 203 Å². The summed E-state index contributed by atoms with van der Waals surface area (Å²) >= 11 is 0. The van der Waals surface area contributed by atoms with Gasteiger partial charge in [0.15, 0.2) is 11.2 Å². The van der Waals surface area contributed by atoms with Gasteiger partial charge in [0.05, 0.1) is 16.8 Å². The van der Waals surface area contributed by atoms with Gasteiger partial charge in [0.2, 0.25) is 5.89 Å². The van der Waals surface area contributed by atoms with E-state index in [1.54, 1.807) is 0 Å². The van der Waals surface area contributed by atoms with Crippen molar-refractivity contribution in [3.05, 3.63) is 200 Å². The molecule has 0 aliphatic heterocycles. The second kappa shape index (κ2) is 14.3. The predicted octanol–water partition coefficient (Wildman–Crippen LogP) is 15.3. The summed E-state index contributed by atoms with van der Waals surface area (Å²) in [5.74, 6) is 0.579. The molecule has 0 bridgehead atoms. The van der Waals surface area contributed by atoms with Gasteiger partial charge in [0.25, 0.3) is 0 Å². The van der Waals surface area contributed by atoms with Crippen molar-refractivity contribution in [1.82, 2.24) is 4.98 Å². The molecule has 10 rings (SSSR count). The molecule has 0 aliphatic rings. The number of hydrogen-bond acceptors (Lipinski definition) is 5. The maximum atomic E-state index is 6.94. The molecule has 8 aromatic carbocycles. The van der Waals surface area contributed by atoms with Crippen LogP contribution in [-0.4, -0.2) is 4.98 Å². The van der Waals surface area contributed by atoms with Crippen LogP contribution in [0.25, 0.3) is 55.6 Å². The number of para-hydroxylation sites is 5. The van der Waals surface area contributed by atoms with E-state index >= 15 is 0 Å². The minimum absolute atomic E-state index is 0.108. The molecule has 0 spiro atoms. The number of nitrogens with zero attached hydrogens (tertiary/aromatic N) is 3. The van der Waals surface area contributed by atoms with Crippen molar-refractivity contribution in [1.29, 1.82) is 0 Å². The van der Waals surface area contributed by atoms with Gasteiger partial charge in [-0.05, 0) is 107 Å². The van der Waals surface area contributed by atoms with Gasteiger partial charge >= 0.3 is 0 Å². The van der Waals surface area contributed by atoms with E-state index in [0.29, 0.717) is 5.89 Å². The quantitative estimate of drug-likeness (QED) is 0.155. The second-order valence-electron chi connectivity index (χ2n) is 15.7. The first-order valence-corrected chi connectivity index (χ1v) is 19.7. The maximum Gasteiger partial charge on any atom is 0.227 e. The van der Waals surface area contributed by atoms with Crippen molar-refractivity contribution >= 4 is 67.2 Å². The summed E-state index contributed by atoms with van der Waals surface area (Å²) in [4.78, 5) is 9.38. The third-order valence-electron chi connectivity index (χ3n) is 10.8. The molecule has 5 nitrogen and oxygen atoms in total. The number of furan rings is 1. The first kappa shape index (κ1) is 35.1. The van der Waals surface area contributed by atoms with E-state index < -0.39 is 0 Å². The van der Waals surface area contributed by atoms with E-state index in [1.165, 1.54) is 16.7 Å². The maximum absolute atomic E-state index is 6.94. The SMILES string of the molecule is CC(C)(C)c1ccc(-c2ccc(N(c3ccccc3)c3cccc4oc5c(N(c6ccccc6)c6cccc(-c7nc8ccccc8o7)c6)cccc5c34)cc2)cc1. The second-order valence-corrected chi connectivity index (χ2v) is 15.7. The monoisotopic (exact) mass is 751 g/mol. The molecule has 0 aliphatic carbocycles. The van der Waals surface area contributed by atoms with Crippen molar-refractivity contribution < 1.29 is 8.83 Å². The van der Waals surface area contributed by atoms with Crippen molar-refractivity contribution in [3.8, 4) is 22.6 Å². The largest absolute Gasteiger partial charge is 0.454 e. The minimum Gasteiger partial charge on any atom is -0.454 e. The molecule has 0 fully saturated rings. The van der Waals surface area contributed by atoms with Crippen LogP contribution in [0, 0.1) is 0 Å². The zero-order valence-electron chi connectivity index (χ0n) is 32.6. The van der Waals surface area contributed by atoms with E-state index in [0.717, 1.165) is 72.7 Å². The number of aromatic nitrogens is 1. The Bertz CT molecular complexity index is 3000. The lowest BCUT2D eigenvalue weighted by Crippen LogP contribution is -2.10. The Balaban J connectivity index is 1.11. The number of hydrogen-bond donors (Lipinski definition) is 0. The summed E-state index contributed by atoms with van der Waals surface area (Å²) in [6, 6.07) is 67.7. The molecule has 5 heteroatoms. The van der Waals surface area contributed by atoms with Crippen LogP contribution < -0.4 is 9.80 Å². The average Bonchev–Trinajstić information content (AvgIpc) is 3.88. The third kappa shape index (κ3) is 6.37. The van der Waals surface area contributed by atoms with Gasteiger partial charge in [0, 0.05) is 33.7 Å². The Morgan fingerprint density at radius 1 is 0.431 bits per heavy atom. The first-order chi connectivity index (χ1) is 28.4. The first-order valence-electron chi connectivity index (χ1n) is 19.7. The van der Waals surface area contributed by atoms with Gasteiger partial charge in [-0.3, -0.25) is 0 Å². The lowest BCUT2D eigenvalue weighted by atomic mass is 9.86. The standard InChI is InChI=1S/C53H41N3O2/c1-53(2,3)39-31-27-36(28-32-39)37-29-33-42(34-30-37)55(40-16-6-4-7-17-40)46-23-14-26-49-50(46)44-21-13-24-47(51(44)57-49)56(41-18-8-5-9-19-41)43-20-12-15-38(35-43)52-54-45-22-10-11-25-48(45)58-52/h4-35H,1-3H3. The summed E-state index contributed by atoms with van der Waals surface area (Å²) in [6.45, 7) is 6.75. The fourth-order valence-corrected chi connectivity index (χ4v) is 7.92. The van der Waals surface area contributed by atoms with E-state index in [-0.39, 0.29) is 5.41 Å². The molecular formula is C53H41N3O2. The van der Waals surface area contributed by atoms with Crippen molar-refractivity contribution in [2.45, 2.75) is 26.2 Å². The number of oxazole rings is 1.